The second kappa shape index (κ2) is 9.03. The summed E-state index contributed by atoms with van der Waals surface area (Å²) in [5.74, 6) is 0.451. The fraction of sp³-hybridized carbons (Fsp3) is 0.778. The monoisotopic (exact) mass is 297 g/mol. The maximum atomic E-state index is 11.5. The van der Waals surface area contributed by atoms with Gasteiger partial charge in [0.25, 0.3) is 0 Å². The molecule has 1 heterocycles. The molecule has 4 nitrogen and oxygen atoms in total. The van der Waals surface area contributed by atoms with Gasteiger partial charge in [0.05, 0.1) is 0 Å². The molecule has 15 heavy (non-hydrogen) atoms. The third kappa shape index (κ3) is 6.04. The Labute approximate surface area is 104 Å². The van der Waals surface area contributed by atoms with Crippen LogP contribution >= 0.6 is 28.8 Å². The van der Waals surface area contributed by atoms with Crippen LogP contribution in [0, 0.1) is 5.92 Å². The molecule has 0 aliphatic carbocycles. The summed E-state index contributed by atoms with van der Waals surface area (Å²) in [5.41, 5.74) is 0. The van der Waals surface area contributed by atoms with Crippen molar-refractivity contribution in [2.24, 2.45) is 5.92 Å². The van der Waals surface area contributed by atoms with Crippen LogP contribution in [0.4, 0.5) is 0 Å². The van der Waals surface area contributed by atoms with Crippen LogP contribution in [-0.4, -0.2) is 35.7 Å². The van der Waals surface area contributed by atoms with E-state index >= 15 is 0 Å². The highest BCUT2D eigenvalue weighted by molar-refractivity contribution is 9.09. The summed E-state index contributed by atoms with van der Waals surface area (Å²) < 4.78 is 3.56. The molecule has 1 amide bonds. The number of nitrogens with zero attached hydrogens (tertiary/aromatic N) is 1. The Bertz CT molecular complexity index is 198. The molecule has 1 unspecified atom stereocenters. The van der Waals surface area contributed by atoms with Crippen LogP contribution in [0.5, 0.6) is 0 Å². The molecule has 0 saturated carbocycles. The van der Waals surface area contributed by atoms with Crippen molar-refractivity contribution in [1.82, 2.24) is 4.90 Å². The SMILES string of the molecule is CC(CBr)C(=O)N1CCCC1.O=COS. The zero-order valence-corrected chi connectivity index (χ0v) is 11.2. The van der Waals surface area contributed by atoms with Gasteiger partial charge in [0, 0.05) is 37.2 Å². The first-order chi connectivity index (χ1) is 7.17. The molecule has 0 bridgehead atoms. The van der Waals surface area contributed by atoms with Gasteiger partial charge in [-0.2, -0.15) is 0 Å². The van der Waals surface area contributed by atoms with E-state index in [1.807, 2.05) is 11.8 Å². The van der Waals surface area contributed by atoms with Crippen LogP contribution in [0.2, 0.25) is 0 Å². The molecular weight excluding hydrogens is 282 g/mol. The molecule has 0 N–H and O–H groups in total. The molecule has 0 aromatic rings. The molecule has 1 rings (SSSR count). The van der Waals surface area contributed by atoms with E-state index in [-0.39, 0.29) is 12.4 Å². The van der Waals surface area contributed by atoms with Gasteiger partial charge in [-0.25, -0.2) is 0 Å². The molecule has 0 aromatic carbocycles. The van der Waals surface area contributed by atoms with E-state index in [1.165, 1.54) is 12.8 Å². The van der Waals surface area contributed by atoms with Crippen molar-refractivity contribution in [3.63, 3.8) is 0 Å². The summed E-state index contributed by atoms with van der Waals surface area (Å²) in [6.45, 7) is 4.14. The van der Waals surface area contributed by atoms with E-state index in [9.17, 15) is 4.79 Å². The van der Waals surface area contributed by atoms with Crippen molar-refractivity contribution in [1.29, 1.82) is 0 Å². The standard InChI is InChI=1S/C8H14BrNO.CH2O2S/c1-7(6-9)8(11)10-4-2-3-5-10;2-1-3-4/h7H,2-6H2,1H3;1,4H. The number of halogens is 1. The number of thiol groups is 1. The molecule has 0 aromatic heterocycles. The minimum absolute atomic E-state index is 0.146. The Morgan fingerprint density at radius 1 is 1.60 bits per heavy atom. The number of rotatable bonds is 3. The number of alkyl halides is 1. The summed E-state index contributed by atoms with van der Waals surface area (Å²) >= 11 is 6.37. The zero-order chi connectivity index (χ0) is 11.7. The Balaban J connectivity index is 0.000000423. The molecule has 88 valence electrons. The molecule has 1 saturated heterocycles. The topological polar surface area (TPSA) is 46.6 Å². The lowest BCUT2D eigenvalue weighted by molar-refractivity contribution is -0.133. The van der Waals surface area contributed by atoms with Gasteiger partial charge in [-0.1, -0.05) is 22.9 Å². The van der Waals surface area contributed by atoms with Crippen LogP contribution in [0.25, 0.3) is 0 Å². The normalized spacial score (nSPS) is 16.3. The third-order valence-corrected chi connectivity index (χ3v) is 3.17. The Hall–Kier alpha value is -0.230. The second-order valence-electron chi connectivity index (χ2n) is 3.29. The highest BCUT2D eigenvalue weighted by Gasteiger charge is 2.21. The lowest BCUT2D eigenvalue weighted by atomic mass is 10.2. The molecule has 0 spiro atoms. The lowest BCUT2D eigenvalue weighted by Gasteiger charge is -2.18. The van der Waals surface area contributed by atoms with Crippen molar-refractivity contribution >= 4 is 41.2 Å². The number of carbonyl (C=O) groups is 2. The third-order valence-electron chi connectivity index (χ3n) is 2.11. The van der Waals surface area contributed by atoms with Gasteiger partial charge in [-0.15, -0.1) is 0 Å². The van der Waals surface area contributed by atoms with Gasteiger partial charge in [-0.05, 0) is 12.8 Å². The minimum Gasteiger partial charge on any atom is -0.397 e. The minimum atomic E-state index is 0.146. The van der Waals surface area contributed by atoms with Crippen molar-refractivity contribution in [2.75, 3.05) is 18.4 Å². The Morgan fingerprint density at radius 2 is 2.07 bits per heavy atom. The van der Waals surface area contributed by atoms with Crippen molar-refractivity contribution < 1.29 is 13.8 Å². The van der Waals surface area contributed by atoms with Gasteiger partial charge in [0.15, 0.2) is 0 Å². The molecular formula is C9H16BrNO3S. The van der Waals surface area contributed by atoms with E-state index in [1.54, 1.807) is 0 Å². The summed E-state index contributed by atoms with van der Waals surface area (Å²) in [5, 5.41) is 0.780. The van der Waals surface area contributed by atoms with Crippen LogP contribution in [-0.2, 0) is 13.8 Å². The molecule has 1 aliphatic rings. The van der Waals surface area contributed by atoms with E-state index in [0.29, 0.717) is 5.91 Å². The molecule has 1 atom stereocenters. The number of hydrogen-bond donors (Lipinski definition) is 1. The number of hydrogen-bond acceptors (Lipinski definition) is 4. The van der Waals surface area contributed by atoms with Crippen molar-refractivity contribution in [3.8, 4) is 0 Å². The smallest absolute Gasteiger partial charge is 0.304 e. The van der Waals surface area contributed by atoms with E-state index in [0.717, 1.165) is 18.4 Å². The summed E-state index contributed by atoms with van der Waals surface area (Å²) in [7, 11) is 0. The first-order valence-corrected chi connectivity index (χ1v) is 6.24. The fourth-order valence-corrected chi connectivity index (χ4v) is 1.59. The van der Waals surface area contributed by atoms with E-state index in [2.05, 4.69) is 33.0 Å². The lowest BCUT2D eigenvalue weighted by Crippen LogP contribution is -2.33. The fourth-order valence-electron chi connectivity index (χ4n) is 1.32. The van der Waals surface area contributed by atoms with Crippen molar-refractivity contribution in [2.45, 2.75) is 19.8 Å². The highest BCUT2D eigenvalue weighted by Crippen LogP contribution is 2.12. The molecule has 0 radical (unpaired) electrons. The van der Waals surface area contributed by atoms with Gasteiger partial charge >= 0.3 is 6.47 Å². The Morgan fingerprint density at radius 3 is 2.40 bits per heavy atom. The van der Waals surface area contributed by atoms with Gasteiger partial charge in [-0.3, -0.25) is 9.59 Å². The predicted molar refractivity (Wildman–Crippen MR) is 64.9 cm³/mol. The number of amides is 1. The molecule has 1 aliphatic heterocycles. The first-order valence-electron chi connectivity index (χ1n) is 4.76. The van der Waals surface area contributed by atoms with E-state index in [4.69, 9.17) is 4.79 Å². The van der Waals surface area contributed by atoms with Gasteiger partial charge in [0.1, 0.15) is 0 Å². The van der Waals surface area contributed by atoms with Gasteiger partial charge < -0.3 is 9.08 Å². The number of carbonyl (C=O) groups excluding carboxylic acids is 2. The van der Waals surface area contributed by atoms with Crippen molar-refractivity contribution in [3.05, 3.63) is 0 Å². The van der Waals surface area contributed by atoms with Gasteiger partial charge in [0.2, 0.25) is 5.91 Å². The van der Waals surface area contributed by atoms with E-state index < -0.39 is 0 Å². The molecule has 1 fully saturated rings. The van der Waals surface area contributed by atoms with Crippen LogP contribution in [0.15, 0.2) is 0 Å². The Kier molecular flexibility index (Phi) is 8.89. The first kappa shape index (κ1) is 14.8. The molecule has 6 heteroatoms. The summed E-state index contributed by atoms with van der Waals surface area (Å²) in [4.78, 5) is 22.3. The van der Waals surface area contributed by atoms with Crippen LogP contribution in [0.3, 0.4) is 0 Å². The maximum absolute atomic E-state index is 11.5. The second-order valence-corrected chi connectivity index (χ2v) is 4.15. The summed E-state index contributed by atoms with van der Waals surface area (Å²) in [6.07, 6.45) is 2.36. The largest absolute Gasteiger partial charge is 0.397 e. The average molecular weight is 298 g/mol. The number of likely N-dealkylation sites (tertiary alicyclic amines) is 1. The highest BCUT2D eigenvalue weighted by atomic mass is 79.9. The van der Waals surface area contributed by atoms with Crippen LogP contribution < -0.4 is 0 Å². The maximum Gasteiger partial charge on any atom is 0.304 e. The average Bonchev–Trinajstić information content (AvgIpc) is 2.80. The van der Waals surface area contributed by atoms with Crippen LogP contribution in [0.1, 0.15) is 19.8 Å². The predicted octanol–water partition coefficient (Wildman–Crippen LogP) is 1.64. The zero-order valence-electron chi connectivity index (χ0n) is 8.69. The quantitative estimate of drug-likeness (QED) is 0.373. The summed E-state index contributed by atoms with van der Waals surface area (Å²) in [6, 6.07) is 0.